The number of ether oxygens (including phenoxy) is 2. The molecule has 0 aliphatic carbocycles. The summed E-state index contributed by atoms with van der Waals surface area (Å²) in [4.78, 5) is 24.0. The molecule has 1 N–H and O–H groups in total. The summed E-state index contributed by atoms with van der Waals surface area (Å²) in [6, 6.07) is 14.3. The second kappa shape index (κ2) is 9.25. The van der Waals surface area contributed by atoms with Gasteiger partial charge in [-0.15, -0.1) is 0 Å². The first-order valence-corrected chi connectivity index (χ1v) is 8.67. The second-order valence-electron chi connectivity index (χ2n) is 6.03. The number of carbonyl (C=O) groups is 2. The molecule has 0 heterocycles. The number of rotatable bonds is 7. The van der Waals surface area contributed by atoms with Crippen LogP contribution in [0.5, 0.6) is 5.75 Å². The summed E-state index contributed by atoms with van der Waals surface area (Å²) < 4.78 is 10.6. The van der Waals surface area contributed by atoms with E-state index in [0.29, 0.717) is 10.8 Å². The molecule has 2 rings (SSSR count). The Hall–Kier alpha value is -2.53. The topological polar surface area (TPSA) is 64.6 Å². The molecule has 0 aliphatic rings. The number of amides is 1. The van der Waals surface area contributed by atoms with E-state index in [-0.39, 0.29) is 12.6 Å². The number of halogens is 1. The maximum Gasteiger partial charge on any atom is 0.347 e. The number of carbonyl (C=O) groups excluding carboxylic acids is 2. The van der Waals surface area contributed by atoms with Crippen molar-refractivity contribution in [3.63, 3.8) is 0 Å². The lowest BCUT2D eigenvalue weighted by molar-refractivity contribution is -0.154. The molecule has 2 atom stereocenters. The number of benzene rings is 2. The van der Waals surface area contributed by atoms with Gasteiger partial charge in [0.05, 0.1) is 6.04 Å². The third-order valence-electron chi connectivity index (χ3n) is 3.71. The highest BCUT2D eigenvalue weighted by Crippen LogP contribution is 2.17. The van der Waals surface area contributed by atoms with Crippen molar-refractivity contribution in [1.82, 2.24) is 5.32 Å². The van der Waals surface area contributed by atoms with Gasteiger partial charge in [0.1, 0.15) is 5.75 Å². The molecule has 6 heteroatoms. The number of hydrogen-bond donors (Lipinski definition) is 1. The van der Waals surface area contributed by atoms with E-state index in [1.54, 1.807) is 25.1 Å². The molecule has 5 nitrogen and oxygen atoms in total. The lowest BCUT2D eigenvalue weighted by Gasteiger charge is -2.16. The van der Waals surface area contributed by atoms with E-state index in [1.165, 1.54) is 0 Å². The van der Waals surface area contributed by atoms with Crippen LogP contribution in [0.3, 0.4) is 0 Å². The minimum atomic E-state index is -0.810. The molecular formula is C20H22ClNO4. The quantitative estimate of drug-likeness (QED) is 0.747. The molecule has 2 aromatic rings. The Morgan fingerprint density at radius 1 is 1.12 bits per heavy atom. The lowest BCUT2D eigenvalue weighted by Crippen LogP contribution is -2.34. The molecular weight excluding hydrogens is 354 g/mol. The summed E-state index contributed by atoms with van der Waals surface area (Å²) in [7, 11) is 0. The predicted octanol–water partition coefficient (Wildman–Crippen LogP) is 3.84. The average molecular weight is 376 g/mol. The van der Waals surface area contributed by atoms with Gasteiger partial charge in [0, 0.05) is 5.02 Å². The fourth-order valence-corrected chi connectivity index (χ4v) is 2.54. The first kappa shape index (κ1) is 19.8. The Kier molecular flexibility index (Phi) is 7.04. The van der Waals surface area contributed by atoms with Gasteiger partial charge in [-0.2, -0.15) is 0 Å². The summed E-state index contributed by atoms with van der Waals surface area (Å²) in [5.41, 5.74) is 1.89. The first-order chi connectivity index (χ1) is 12.3. The molecule has 26 heavy (non-hydrogen) atoms. The summed E-state index contributed by atoms with van der Waals surface area (Å²) in [6.07, 6.45) is -0.810. The molecule has 0 spiro atoms. The van der Waals surface area contributed by atoms with Crippen molar-refractivity contribution in [1.29, 1.82) is 0 Å². The molecule has 0 aromatic heterocycles. The molecule has 1 amide bonds. The molecule has 0 saturated carbocycles. The van der Waals surface area contributed by atoms with Crippen molar-refractivity contribution >= 4 is 23.5 Å². The zero-order valence-corrected chi connectivity index (χ0v) is 15.7. The van der Waals surface area contributed by atoms with Crippen molar-refractivity contribution in [3.05, 3.63) is 64.7 Å². The van der Waals surface area contributed by atoms with E-state index in [9.17, 15) is 9.59 Å². The van der Waals surface area contributed by atoms with Crippen LogP contribution in [-0.4, -0.2) is 24.6 Å². The number of nitrogens with one attached hydrogen (secondary N) is 1. The highest BCUT2D eigenvalue weighted by atomic mass is 35.5. The fraction of sp³-hybridized carbons (Fsp3) is 0.300. The monoisotopic (exact) mass is 375 g/mol. The first-order valence-electron chi connectivity index (χ1n) is 8.30. The van der Waals surface area contributed by atoms with E-state index in [0.717, 1.165) is 11.1 Å². The molecule has 2 aromatic carbocycles. The molecule has 0 bridgehead atoms. The van der Waals surface area contributed by atoms with Gasteiger partial charge in [-0.25, -0.2) is 4.79 Å². The van der Waals surface area contributed by atoms with Crippen molar-refractivity contribution in [2.75, 3.05) is 6.61 Å². The van der Waals surface area contributed by atoms with Gasteiger partial charge in [0.15, 0.2) is 12.7 Å². The molecule has 0 unspecified atom stereocenters. The van der Waals surface area contributed by atoms with Gasteiger partial charge >= 0.3 is 5.97 Å². The minimum Gasteiger partial charge on any atom is -0.479 e. The van der Waals surface area contributed by atoms with Crippen molar-refractivity contribution in [2.24, 2.45) is 0 Å². The maximum absolute atomic E-state index is 12.0. The smallest absolute Gasteiger partial charge is 0.347 e. The van der Waals surface area contributed by atoms with Crippen molar-refractivity contribution < 1.29 is 19.1 Å². The standard InChI is InChI=1S/C20H22ClNO4/c1-13-6-4-9-18(10-13)26-15(3)20(24)25-12-19(23)22-14(2)16-7-5-8-17(21)11-16/h4-11,14-15H,12H2,1-3H3,(H,22,23)/t14-,15+/m0/s1. The van der Waals surface area contributed by atoms with Crippen LogP contribution in [0, 0.1) is 6.92 Å². The lowest BCUT2D eigenvalue weighted by atomic mass is 10.1. The van der Waals surface area contributed by atoms with Gasteiger partial charge in [0.2, 0.25) is 0 Å². The zero-order valence-electron chi connectivity index (χ0n) is 15.0. The van der Waals surface area contributed by atoms with Crippen LogP contribution >= 0.6 is 11.6 Å². The Bertz CT molecular complexity index is 778. The second-order valence-corrected chi connectivity index (χ2v) is 6.46. The van der Waals surface area contributed by atoms with Crippen LogP contribution in [0.25, 0.3) is 0 Å². The summed E-state index contributed by atoms with van der Waals surface area (Å²) in [6.45, 7) is 4.97. The van der Waals surface area contributed by atoms with Crippen LogP contribution < -0.4 is 10.1 Å². The largest absolute Gasteiger partial charge is 0.479 e. The van der Waals surface area contributed by atoms with Crippen molar-refractivity contribution in [2.45, 2.75) is 32.9 Å². The highest BCUT2D eigenvalue weighted by molar-refractivity contribution is 6.30. The highest BCUT2D eigenvalue weighted by Gasteiger charge is 2.18. The molecule has 0 radical (unpaired) electrons. The third kappa shape index (κ3) is 6.08. The summed E-state index contributed by atoms with van der Waals surface area (Å²) in [5, 5.41) is 3.35. The van der Waals surface area contributed by atoms with Gasteiger partial charge in [-0.05, 0) is 56.2 Å². The van der Waals surface area contributed by atoms with E-state index in [1.807, 2.05) is 44.2 Å². The van der Waals surface area contributed by atoms with Gasteiger partial charge in [0.25, 0.3) is 5.91 Å². The van der Waals surface area contributed by atoms with E-state index in [2.05, 4.69) is 5.32 Å². The van der Waals surface area contributed by atoms with E-state index >= 15 is 0 Å². The van der Waals surface area contributed by atoms with Crippen molar-refractivity contribution in [3.8, 4) is 5.75 Å². The molecule has 138 valence electrons. The Balaban J connectivity index is 1.79. The van der Waals surface area contributed by atoms with Gasteiger partial charge < -0.3 is 14.8 Å². The van der Waals surface area contributed by atoms with Crippen LogP contribution in [0.15, 0.2) is 48.5 Å². The van der Waals surface area contributed by atoms with Crippen LogP contribution in [0.4, 0.5) is 0 Å². The third-order valence-corrected chi connectivity index (χ3v) is 3.94. The van der Waals surface area contributed by atoms with E-state index < -0.39 is 18.0 Å². The van der Waals surface area contributed by atoms with Gasteiger partial charge in [-0.3, -0.25) is 4.79 Å². The molecule has 0 fully saturated rings. The van der Waals surface area contributed by atoms with E-state index in [4.69, 9.17) is 21.1 Å². The SMILES string of the molecule is Cc1cccc(O[C@H](C)C(=O)OCC(=O)N[C@@H](C)c2cccc(Cl)c2)c1. The Morgan fingerprint density at radius 2 is 1.85 bits per heavy atom. The molecule has 0 aliphatic heterocycles. The number of esters is 1. The van der Waals surface area contributed by atoms with Gasteiger partial charge in [-0.1, -0.05) is 35.9 Å². The Morgan fingerprint density at radius 3 is 2.54 bits per heavy atom. The zero-order chi connectivity index (χ0) is 19.1. The summed E-state index contributed by atoms with van der Waals surface area (Å²) >= 11 is 5.94. The number of aryl methyl sites for hydroxylation is 1. The number of hydrogen-bond acceptors (Lipinski definition) is 4. The normalized spacial score (nSPS) is 12.8. The molecule has 0 saturated heterocycles. The maximum atomic E-state index is 12.0. The minimum absolute atomic E-state index is 0.249. The predicted molar refractivity (Wildman–Crippen MR) is 100 cm³/mol. The van der Waals surface area contributed by atoms with Crippen LogP contribution in [0.1, 0.15) is 31.0 Å². The Labute approximate surface area is 158 Å². The van der Waals surface area contributed by atoms with Crippen LogP contribution in [-0.2, 0) is 14.3 Å². The average Bonchev–Trinajstić information content (AvgIpc) is 2.59. The summed E-state index contributed by atoms with van der Waals surface area (Å²) in [5.74, 6) is -0.417. The fourth-order valence-electron chi connectivity index (χ4n) is 2.34. The van der Waals surface area contributed by atoms with Crippen LogP contribution in [0.2, 0.25) is 5.02 Å².